The summed E-state index contributed by atoms with van der Waals surface area (Å²) in [6.45, 7) is 5.86. The lowest BCUT2D eigenvalue weighted by atomic mass is 10.2. The third kappa shape index (κ3) is 4.63. The molecule has 0 unspecified atom stereocenters. The molecule has 1 aliphatic carbocycles. The third-order valence-electron chi connectivity index (χ3n) is 3.68. The lowest BCUT2D eigenvalue weighted by Crippen LogP contribution is -2.33. The molecule has 0 spiro atoms. The van der Waals surface area contributed by atoms with Crippen LogP contribution in [0.5, 0.6) is 5.88 Å². The monoisotopic (exact) mass is 278 g/mol. The van der Waals surface area contributed by atoms with Crippen LogP contribution in [0.1, 0.15) is 39.5 Å². The molecule has 20 heavy (non-hydrogen) atoms. The van der Waals surface area contributed by atoms with Gasteiger partial charge in [0, 0.05) is 31.4 Å². The Balaban J connectivity index is 1.75. The molecule has 2 rings (SSSR count). The van der Waals surface area contributed by atoms with Crippen LogP contribution in [0, 0.1) is 0 Å². The zero-order chi connectivity index (χ0) is 14.4. The summed E-state index contributed by atoms with van der Waals surface area (Å²) in [4.78, 5) is 11.0. The number of nitrogens with zero attached hydrogens (tertiary/aromatic N) is 3. The van der Waals surface area contributed by atoms with E-state index in [2.05, 4.69) is 27.2 Å². The van der Waals surface area contributed by atoms with Crippen LogP contribution in [0.25, 0.3) is 0 Å². The van der Waals surface area contributed by atoms with Crippen LogP contribution in [0.4, 0.5) is 5.95 Å². The Bertz CT molecular complexity index is 405. The van der Waals surface area contributed by atoms with E-state index in [0.717, 1.165) is 19.1 Å². The van der Waals surface area contributed by atoms with Crippen molar-refractivity contribution >= 4 is 5.95 Å². The number of rotatable bonds is 7. The largest absolute Gasteiger partial charge is 0.475 e. The first-order chi connectivity index (χ1) is 9.65. The summed E-state index contributed by atoms with van der Waals surface area (Å²) in [5, 5.41) is 3.27. The fraction of sp³-hybridized carbons (Fsp3) is 0.733. The first-order valence-electron chi connectivity index (χ1n) is 7.59. The summed E-state index contributed by atoms with van der Waals surface area (Å²) >= 11 is 0. The normalized spacial score (nSPS) is 16.1. The summed E-state index contributed by atoms with van der Waals surface area (Å²) in [6, 6.07) is 2.55. The van der Waals surface area contributed by atoms with E-state index in [1.165, 1.54) is 25.7 Å². The highest BCUT2D eigenvalue weighted by atomic mass is 16.5. The maximum Gasteiger partial charge on any atom is 0.225 e. The van der Waals surface area contributed by atoms with Gasteiger partial charge in [-0.1, -0.05) is 12.8 Å². The number of ether oxygens (including phenoxy) is 1. The predicted molar refractivity (Wildman–Crippen MR) is 81.2 cm³/mol. The van der Waals surface area contributed by atoms with Gasteiger partial charge in [0.25, 0.3) is 0 Å². The van der Waals surface area contributed by atoms with Crippen LogP contribution in [-0.2, 0) is 0 Å². The maximum atomic E-state index is 5.56. The second-order valence-corrected chi connectivity index (χ2v) is 5.73. The van der Waals surface area contributed by atoms with Crippen molar-refractivity contribution in [3.05, 3.63) is 12.3 Å². The average Bonchev–Trinajstić information content (AvgIpc) is 2.92. The molecule has 5 nitrogen and oxygen atoms in total. The fourth-order valence-electron chi connectivity index (χ4n) is 2.61. The second-order valence-electron chi connectivity index (χ2n) is 5.73. The number of hydrogen-bond acceptors (Lipinski definition) is 5. The van der Waals surface area contributed by atoms with Gasteiger partial charge in [0.05, 0.1) is 6.10 Å². The van der Waals surface area contributed by atoms with Gasteiger partial charge in [0.15, 0.2) is 0 Å². The molecule has 0 amide bonds. The SMILES string of the molecule is CC(C)Oc1ccnc(NCCN(C)C2CCCC2)n1. The molecule has 1 N–H and O–H groups in total. The van der Waals surface area contributed by atoms with Gasteiger partial charge in [-0.2, -0.15) is 4.98 Å². The topological polar surface area (TPSA) is 50.3 Å². The molecule has 112 valence electrons. The van der Waals surface area contributed by atoms with Gasteiger partial charge in [-0.25, -0.2) is 4.98 Å². The summed E-state index contributed by atoms with van der Waals surface area (Å²) < 4.78 is 5.56. The molecular weight excluding hydrogens is 252 g/mol. The van der Waals surface area contributed by atoms with Crippen LogP contribution in [0.3, 0.4) is 0 Å². The second kappa shape index (κ2) is 7.43. The molecule has 1 fully saturated rings. The number of aromatic nitrogens is 2. The Morgan fingerprint density at radius 2 is 2.15 bits per heavy atom. The average molecular weight is 278 g/mol. The van der Waals surface area contributed by atoms with Crippen molar-refractivity contribution in [1.82, 2.24) is 14.9 Å². The third-order valence-corrected chi connectivity index (χ3v) is 3.68. The van der Waals surface area contributed by atoms with Crippen molar-refractivity contribution in [2.24, 2.45) is 0 Å². The van der Waals surface area contributed by atoms with Crippen LogP contribution in [0.15, 0.2) is 12.3 Å². The van der Waals surface area contributed by atoms with Gasteiger partial charge in [0.2, 0.25) is 11.8 Å². The Morgan fingerprint density at radius 1 is 1.40 bits per heavy atom. The fourth-order valence-corrected chi connectivity index (χ4v) is 2.61. The zero-order valence-electron chi connectivity index (χ0n) is 12.8. The molecule has 0 aliphatic heterocycles. The molecule has 1 aromatic heterocycles. The molecule has 0 aromatic carbocycles. The van der Waals surface area contributed by atoms with E-state index in [0.29, 0.717) is 11.8 Å². The van der Waals surface area contributed by atoms with Crippen molar-refractivity contribution in [3.8, 4) is 5.88 Å². The molecule has 0 saturated heterocycles. The molecule has 1 saturated carbocycles. The summed E-state index contributed by atoms with van der Waals surface area (Å²) in [7, 11) is 2.21. The lowest BCUT2D eigenvalue weighted by molar-refractivity contribution is 0.232. The number of hydrogen-bond donors (Lipinski definition) is 1. The van der Waals surface area contributed by atoms with Gasteiger partial charge < -0.3 is 15.0 Å². The summed E-state index contributed by atoms with van der Waals surface area (Å²) in [5.41, 5.74) is 0. The van der Waals surface area contributed by atoms with Crippen molar-refractivity contribution in [3.63, 3.8) is 0 Å². The standard InChI is InChI=1S/C15H26N4O/c1-12(2)20-14-8-9-16-15(18-14)17-10-11-19(3)13-6-4-5-7-13/h8-9,12-13H,4-7,10-11H2,1-3H3,(H,16,17,18). The molecule has 5 heteroatoms. The zero-order valence-corrected chi connectivity index (χ0v) is 12.8. The highest BCUT2D eigenvalue weighted by molar-refractivity contribution is 5.27. The quantitative estimate of drug-likeness (QED) is 0.830. The van der Waals surface area contributed by atoms with E-state index in [-0.39, 0.29) is 6.10 Å². The predicted octanol–water partition coefficient (Wildman–Crippen LogP) is 2.55. The molecule has 1 aromatic rings. The van der Waals surface area contributed by atoms with Gasteiger partial charge in [-0.3, -0.25) is 0 Å². The minimum atomic E-state index is 0.131. The maximum absolute atomic E-state index is 5.56. The Kier molecular flexibility index (Phi) is 5.59. The van der Waals surface area contributed by atoms with Crippen LogP contribution in [-0.4, -0.2) is 47.2 Å². The Hall–Kier alpha value is -1.36. The molecule has 1 aliphatic rings. The molecule has 0 radical (unpaired) electrons. The summed E-state index contributed by atoms with van der Waals surface area (Å²) in [6.07, 6.45) is 7.29. The van der Waals surface area contributed by atoms with Crippen molar-refractivity contribution in [2.45, 2.75) is 51.7 Å². The molecule has 0 atom stereocenters. The van der Waals surface area contributed by atoms with E-state index in [1.54, 1.807) is 12.3 Å². The Morgan fingerprint density at radius 3 is 2.85 bits per heavy atom. The molecular formula is C15H26N4O. The minimum absolute atomic E-state index is 0.131. The number of nitrogens with one attached hydrogen (secondary N) is 1. The van der Waals surface area contributed by atoms with E-state index >= 15 is 0 Å². The van der Waals surface area contributed by atoms with Crippen molar-refractivity contribution < 1.29 is 4.74 Å². The first-order valence-corrected chi connectivity index (χ1v) is 7.59. The smallest absolute Gasteiger partial charge is 0.225 e. The van der Waals surface area contributed by atoms with Crippen LogP contribution in [0.2, 0.25) is 0 Å². The van der Waals surface area contributed by atoms with Gasteiger partial charge in [-0.15, -0.1) is 0 Å². The summed E-state index contributed by atoms with van der Waals surface area (Å²) in [5.74, 6) is 1.27. The highest BCUT2D eigenvalue weighted by Crippen LogP contribution is 2.21. The number of anilines is 1. The van der Waals surface area contributed by atoms with E-state index in [1.807, 2.05) is 13.8 Å². The van der Waals surface area contributed by atoms with Crippen molar-refractivity contribution in [2.75, 3.05) is 25.5 Å². The first kappa shape index (κ1) is 15.0. The van der Waals surface area contributed by atoms with Crippen LogP contribution >= 0.6 is 0 Å². The van der Waals surface area contributed by atoms with E-state index < -0.39 is 0 Å². The molecule has 0 bridgehead atoms. The number of likely N-dealkylation sites (N-methyl/N-ethyl adjacent to an activating group) is 1. The van der Waals surface area contributed by atoms with Gasteiger partial charge in [-0.05, 0) is 33.7 Å². The Labute approximate surface area is 121 Å². The lowest BCUT2D eigenvalue weighted by Gasteiger charge is -2.23. The van der Waals surface area contributed by atoms with Gasteiger partial charge >= 0.3 is 0 Å². The van der Waals surface area contributed by atoms with Gasteiger partial charge in [0.1, 0.15) is 0 Å². The van der Waals surface area contributed by atoms with Crippen molar-refractivity contribution in [1.29, 1.82) is 0 Å². The highest BCUT2D eigenvalue weighted by Gasteiger charge is 2.18. The van der Waals surface area contributed by atoms with E-state index in [4.69, 9.17) is 4.74 Å². The van der Waals surface area contributed by atoms with Crippen LogP contribution < -0.4 is 10.1 Å². The molecule has 1 heterocycles. The minimum Gasteiger partial charge on any atom is -0.475 e. The van der Waals surface area contributed by atoms with E-state index in [9.17, 15) is 0 Å².